The fourth-order valence-electron chi connectivity index (χ4n) is 2.31. The van der Waals surface area contributed by atoms with Gasteiger partial charge in [0.05, 0.1) is 31.0 Å². The topological polar surface area (TPSA) is 117 Å². The molecule has 0 fully saturated rings. The van der Waals surface area contributed by atoms with Crippen LogP contribution in [0.15, 0.2) is 36.5 Å². The number of nitrogens with two attached hydrogens (primary N) is 1. The largest absolute Gasteiger partial charge is 0.492 e. The van der Waals surface area contributed by atoms with E-state index < -0.39 is 5.41 Å². The van der Waals surface area contributed by atoms with Crippen LogP contribution in [0.3, 0.4) is 0 Å². The number of aromatic nitrogens is 3. The molecule has 3 aromatic rings. The van der Waals surface area contributed by atoms with E-state index in [1.807, 2.05) is 24.3 Å². The number of pyridine rings is 1. The maximum Gasteiger partial charge on any atom is 0.132 e. The molecule has 0 atom stereocenters. The van der Waals surface area contributed by atoms with Gasteiger partial charge < -0.3 is 20.7 Å². The smallest absolute Gasteiger partial charge is 0.132 e. The second-order valence-electron chi connectivity index (χ2n) is 6.16. The van der Waals surface area contributed by atoms with Crippen molar-refractivity contribution in [1.82, 2.24) is 15.2 Å². The molecule has 0 saturated carbocycles. The SMILES string of the molecule is CC(CO)(CO)COc1cc(N)nc2cc(-c3ccn[nH]3)ccc12. The summed E-state index contributed by atoms with van der Waals surface area (Å²) in [5, 5.41) is 26.4. The third-order valence-electron chi connectivity index (χ3n) is 3.94. The van der Waals surface area contributed by atoms with Crippen molar-refractivity contribution in [2.45, 2.75) is 6.92 Å². The predicted octanol–water partition coefficient (Wildman–Crippen LogP) is 1.58. The van der Waals surface area contributed by atoms with Gasteiger partial charge >= 0.3 is 0 Å². The Morgan fingerprint density at radius 2 is 2.00 bits per heavy atom. The minimum atomic E-state index is -0.722. The van der Waals surface area contributed by atoms with Gasteiger partial charge in [0.1, 0.15) is 11.6 Å². The molecule has 126 valence electrons. The van der Waals surface area contributed by atoms with Gasteiger partial charge in [-0.3, -0.25) is 5.10 Å². The number of nitrogens with one attached hydrogen (secondary N) is 1. The van der Waals surface area contributed by atoms with E-state index >= 15 is 0 Å². The Morgan fingerprint density at radius 3 is 2.67 bits per heavy atom. The third kappa shape index (κ3) is 3.17. The van der Waals surface area contributed by atoms with Gasteiger partial charge in [-0.05, 0) is 18.2 Å². The van der Waals surface area contributed by atoms with Gasteiger partial charge in [-0.15, -0.1) is 0 Å². The molecule has 0 spiro atoms. The standard InChI is InChI=1S/C17H20N4O3/c1-17(8-22,9-23)10-24-15-7-16(18)20-14-6-11(2-3-12(14)15)13-4-5-19-21-13/h2-7,22-23H,8-10H2,1H3,(H2,18,20)(H,19,21). The first-order valence-electron chi connectivity index (χ1n) is 7.59. The van der Waals surface area contributed by atoms with E-state index in [0.717, 1.165) is 16.6 Å². The van der Waals surface area contributed by atoms with Crippen LogP contribution in [0.4, 0.5) is 5.82 Å². The minimum absolute atomic E-state index is 0.168. The van der Waals surface area contributed by atoms with Crippen LogP contribution in [-0.2, 0) is 0 Å². The molecule has 2 heterocycles. The summed E-state index contributed by atoms with van der Waals surface area (Å²) in [6.07, 6.45) is 1.69. The highest BCUT2D eigenvalue weighted by Crippen LogP contribution is 2.31. The van der Waals surface area contributed by atoms with Gasteiger partial charge in [0.25, 0.3) is 0 Å². The number of rotatable bonds is 6. The number of fused-ring (bicyclic) bond motifs is 1. The molecule has 0 bridgehead atoms. The summed E-state index contributed by atoms with van der Waals surface area (Å²) in [6, 6.07) is 9.27. The second-order valence-corrected chi connectivity index (χ2v) is 6.16. The highest BCUT2D eigenvalue weighted by molar-refractivity contribution is 5.89. The summed E-state index contributed by atoms with van der Waals surface area (Å²) >= 11 is 0. The first kappa shape index (κ1) is 16.2. The van der Waals surface area contributed by atoms with Gasteiger partial charge in [0, 0.05) is 28.6 Å². The highest BCUT2D eigenvalue weighted by Gasteiger charge is 2.24. The molecule has 0 amide bonds. The van der Waals surface area contributed by atoms with Gasteiger partial charge in [0.2, 0.25) is 0 Å². The van der Waals surface area contributed by atoms with Crippen molar-refractivity contribution in [3.63, 3.8) is 0 Å². The van der Waals surface area contributed by atoms with Gasteiger partial charge in [-0.2, -0.15) is 5.10 Å². The van der Waals surface area contributed by atoms with Crippen molar-refractivity contribution in [2.75, 3.05) is 25.6 Å². The van der Waals surface area contributed by atoms with E-state index in [-0.39, 0.29) is 19.8 Å². The average molecular weight is 328 g/mol. The summed E-state index contributed by atoms with van der Waals surface area (Å²) in [4.78, 5) is 4.36. The second kappa shape index (κ2) is 6.46. The van der Waals surface area contributed by atoms with Gasteiger partial charge in [-0.1, -0.05) is 13.0 Å². The maximum absolute atomic E-state index is 9.39. The number of aliphatic hydroxyl groups is 2. The van der Waals surface area contributed by atoms with Crippen LogP contribution in [0.25, 0.3) is 22.2 Å². The molecule has 5 N–H and O–H groups in total. The summed E-state index contributed by atoms with van der Waals surface area (Å²) in [5.74, 6) is 0.913. The van der Waals surface area contributed by atoms with E-state index in [4.69, 9.17) is 10.5 Å². The monoisotopic (exact) mass is 328 g/mol. The number of aromatic amines is 1. The molecule has 1 aromatic carbocycles. The molecule has 0 saturated heterocycles. The summed E-state index contributed by atoms with van der Waals surface area (Å²) < 4.78 is 5.82. The van der Waals surface area contributed by atoms with Crippen molar-refractivity contribution in [2.24, 2.45) is 5.41 Å². The van der Waals surface area contributed by atoms with Crippen molar-refractivity contribution >= 4 is 16.7 Å². The fraction of sp³-hybridized carbons (Fsp3) is 0.294. The number of ether oxygens (including phenoxy) is 1. The molecule has 7 nitrogen and oxygen atoms in total. The first-order valence-corrected chi connectivity index (χ1v) is 7.59. The number of benzene rings is 1. The Morgan fingerprint density at radius 1 is 1.21 bits per heavy atom. The van der Waals surface area contributed by atoms with E-state index in [2.05, 4.69) is 15.2 Å². The van der Waals surface area contributed by atoms with Crippen LogP contribution in [0.5, 0.6) is 5.75 Å². The lowest BCUT2D eigenvalue weighted by Gasteiger charge is -2.25. The van der Waals surface area contributed by atoms with Crippen LogP contribution < -0.4 is 10.5 Å². The van der Waals surface area contributed by atoms with Crippen molar-refractivity contribution in [1.29, 1.82) is 0 Å². The number of anilines is 1. The van der Waals surface area contributed by atoms with Crippen LogP contribution >= 0.6 is 0 Å². The number of hydrogen-bond donors (Lipinski definition) is 4. The molecule has 3 rings (SSSR count). The molecule has 0 aliphatic rings. The zero-order valence-electron chi connectivity index (χ0n) is 13.4. The summed E-state index contributed by atoms with van der Waals surface area (Å²) in [6.45, 7) is 1.56. The quantitative estimate of drug-likeness (QED) is 0.546. The van der Waals surface area contributed by atoms with Gasteiger partial charge in [-0.25, -0.2) is 4.98 Å². The molecule has 2 aromatic heterocycles. The molecular weight excluding hydrogens is 308 g/mol. The molecule has 7 heteroatoms. The molecule has 0 aliphatic heterocycles. The molecular formula is C17H20N4O3. The highest BCUT2D eigenvalue weighted by atomic mass is 16.5. The maximum atomic E-state index is 9.39. The number of aliphatic hydroxyl groups excluding tert-OH is 2. The normalized spacial score (nSPS) is 11.8. The van der Waals surface area contributed by atoms with Crippen molar-refractivity contribution in [3.8, 4) is 17.0 Å². The Bertz CT molecular complexity index is 829. The summed E-state index contributed by atoms with van der Waals surface area (Å²) in [5.41, 5.74) is 7.70. The number of H-pyrrole nitrogens is 1. The lowest BCUT2D eigenvalue weighted by atomic mass is 9.94. The number of nitrogen functional groups attached to an aromatic ring is 1. The van der Waals surface area contributed by atoms with Crippen LogP contribution in [0.2, 0.25) is 0 Å². The Hall–Kier alpha value is -2.64. The fourth-order valence-corrected chi connectivity index (χ4v) is 2.31. The molecule has 0 radical (unpaired) electrons. The average Bonchev–Trinajstić information content (AvgIpc) is 3.13. The Kier molecular flexibility index (Phi) is 4.37. The zero-order valence-corrected chi connectivity index (χ0v) is 13.4. The first-order chi connectivity index (χ1) is 11.5. The van der Waals surface area contributed by atoms with Crippen molar-refractivity contribution < 1.29 is 14.9 Å². The zero-order chi connectivity index (χ0) is 17.2. The van der Waals surface area contributed by atoms with E-state index in [1.54, 1.807) is 19.2 Å². The van der Waals surface area contributed by atoms with E-state index in [9.17, 15) is 10.2 Å². The van der Waals surface area contributed by atoms with Crippen LogP contribution in [-0.4, -0.2) is 45.2 Å². The lowest BCUT2D eigenvalue weighted by Crippen LogP contribution is -2.33. The Balaban J connectivity index is 1.96. The molecule has 24 heavy (non-hydrogen) atoms. The van der Waals surface area contributed by atoms with Crippen molar-refractivity contribution in [3.05, 3.63) is 36.5 Å². The summed E-state index contributed by atoms with van der Waals surface area (Å²) in [7, 11) is 0. The van der Waals surface area contributed by atoms with Crippen LogP contribution in [0, 0.1) is 5.41 Å². The van der Waals surface area contributed by atoms with E-state index in [0.29, 0.717) is 17.1 Å². The predicted molar refractivity (Wildman–Crippen MR) is 91.5 cm³/mol. The lowest BCUT2D eigenvalue weighted by molar-refractivity contribution is 0.0292. The third-order valence-corrected chi connectivity index (χ3v) is 3.94. The van der Waals surface area contributed by atoms with Gasteiger partial charge in [0.15, 0.2) is 0 Å². The molecule has 0 aliphatic carbocycles. The molecule has 0 unspecified atom stereocenters. The number of hydrogen-bond acceptors (Lipinski definition) is 6. The number of nitrogens with zero attached hydrogens (tertiary/aromatic N) is 2. The van der Waals surface area contributed by atoms with E-state index in [1.165, 1.54) is 0 Å². The Labute approximate surface area is 139 Å². The minimum Gasteiger partial charge on any atom is -0.492 e. The van der Waals surface area contributed by atoms with Crippen LogP contribution in [0.1, 0.15) is 6.92 Å².